The Morgan fingerprint density at radius 3 is 2.59 bits per heavy atom. The standard InChI is InChI=1S/C20H23N3O4/c1-3-21-20(25)22-19(24)18(15-7-5-4-6-8-15)23(2)12-14-9-10-16-17(11-14)27-13-26-16/h4-11,18H,3,12-13H2,1-2H3,(H2,21,22,24,25)/t18-/m1/s1. The highest BCUT2D eigenvalue weighted by Crippen LogP contribution is 2.33. The van der Waals surface area contributed by atoms with E-state index in [0.29, 0.717) is 18.8 Å². The number of fused-ring (bicyclic) bond motifs is 1. The highest BCUT2D eigenvalue weighted by molar-refractivity contribution is 5.97. The summed E-state index contributed by atoms with van der Waals surface area (Å²) < 4.78 is 10.8. The van der Waals surface area contributed by atoms with Gasteiger partial charge in [-0.1, -0.05) is 36.4 Å². The summed E-state index contributed by atoms with van der Waals surface area (Å²) in [5.74, 6) is 1.04. The van der Waals surface area contributed by atoms with Crippen molar-refractivity contribution in [2.75, 3.05) is 20.4 Å². The minimum absolute atomic E-state index is 0.218. The van der Waals surface area contributed by atoms with Crippen molar-refractivity contribution in [2.45, 2.75) is 19.5 Å². The molecule has 0 saturated carbocycles. The number of rotatable bonds is 6. The maximum Gasteiger partial charge on any atom is 0.321 e. The first-order chi connectivity index (χ1) is 13.1. The monoisotopic (exact) mass is 369 g/mol. The Balaban J connectivity index is 1.79. The van der Waals surface area contributed by atoms with Crippen LogP contribution in [0, 0.1) is 0 Å². The molecule has 1 aliphatic rings. The van der Waals surface area contributed by atoms with Crippen molar-refractivity contribution < 1.29 is 19.1 Å². The fourth-order valence-corrected chi connectivity index (χ4v) is 3.04. The van der Waals surface area contributed by atoms with E-state index in [0.717, 1.165) is 16.9 Å². The van der Waals surface area contributed by atoms with Crippen molar-refractivity contribution in [3.8, 4) is 11.5 Å². The van der Waals surface area contributed by atoms with Crippen LogP contribution in [0.15, 0.2) is 48.5 Å². The van der Waals surface area contributed by atoms with E-state index >= 15 is 0 Å². The molecule has 27 heavy (non-hydrogen) atoms. The number of ether oxygens (including phenoxy) is 2. The molecule has 3 amide bonds. The van der Waals surface area contributed by atoms with Crippen LogP contribution in [0.5, 0.6) is 11.5 Å². The normalized spacial score (nSPS) is 13.3. The molecule has 2 aromatic rings. The second-order valence-corrected chi connectivity index (χ2v) is 6.26. The van der Waals surface area contributed by atoms with Gasteiger partial charge < -0.3 is 14.8 Å². The molecular weight excluding hydrogens is 346 g/mol. The van der Waals surface area contributed by atoms with Crippen LogP contribution in [0.2, 0.25) is 0 Å². The molecule has 2 N–H and O–H groups in total. The summed E-state index contributed by atoms with van der Waals surface area (Å²) in [6, 6.07) is 14.0. The number of carbonyl (C=O) groups excluding carboxylic acids is 2. The maximum absolute atomic E-state index is 12.8. The molecule has 0 bridgehead atoms. The van der Waals surface area contributed by atoms with Crippen LogP contribution >= 0.6 is 0 Å². The van der Waals surface area contributed by atoms with E-state index in [1.165, 1.54) is 0 Å². The van der Waals surface area contributed by atoms with Gasteiger partial charge in [-0.3, -0.25) is 15.0 Å². The third-order valence-electron chi connectivity index (χ3n) is 4.25. The second kappa shape index (κ2) is 8.55. The summed E-state index contributed by atoms with van der Waals surface area (Å²) >= 11 is 0. The van der Waals surface area contributed by atoms with Crippen molar-refractivity contribution in [2.24, 2.45) is 0 Å². The molecule has 0 aromatic heterocycles. The van der Waals surface area contributed by atoms with Crippen LogP contribution in [-0.4, -0.2) is 37.2 Å². The lowest BCUT2D eigenvalue weighted by Gasteiger charge is -2.27. The first kappa shape index (κ1) is 18.7. The molecule has 7 nitrogen and oxygen atoms in total. The summed E-state index contributed by atoms with van der Waals surface area (Å²) in [6.45, 7) is 2.96. The molecule has 3 rings (SSSR count). The SMILES string of the molecule is CCNC(=O)NC(=O)[C@@H](c1ccccc1)N(C)Cc1ccc2c(c1)OCO2. The van der Waals surface area contributed by atoms with Crippen LogP contribution in [-0.2, 0) is 11.3 Å². The maximum atomic E-state index is 12.8. The van der Waals surface area contributed by atoms with Gasteiger partial charge in [-0.05, 0) is 37.2 Å². The molecule has 0 saturated heterocycles. The van der Waals surface area contributed by atoms with Gasteiger partial charge in [0.15, 0.2) is 11.5 Å². The van der Waals surface area contributed by atoms with E-state index in [-0.39, 0.29) is 12.7 Å². The predicted molar refractivity (Wildman–Crippen MR) is 100 cm³/mol. The average Bonchev–Trinajstić information content (AvgIpc) is 3.10. The lowest BCUT2D eigenvalue weighted by molar-refractivity contribution is -0.125. The molecule has 0 fully saturated rings. The van der Waals surface area contributed by atoms with Crippen LogP contribution in [0.3, 0.4) is 0 Å². The summed E-state index contributed by atoms with van der Waals surface area (Å²) in [4.78, 5) is 26.5. The number of carbonyl (C=O) groups is 2. The van der Waals surface area contributed by atoms with E-state index in [9.17, 15) is 9.59 Å². The number of imide groups is 1. The Labute approximate surface area is 158 Å². The zero-order valence-electron chi connectivity index (χ0n) is 15.4. The van der Waals surface area contributed by atoms with Crippen molar-refractivity contribution in [3.05, 3.63) is 59.7 Å². The van der Waals surface area contributed by atoms with E-state index in [4.69, 9.17) is 9.47 Å². The van der Waals surface area contributed by atoms with Crippen LogP contribution in [0.25, 0.3) is 0 Å². The topological polar surface area (TPSA) is 79.9 Å². The minimum Gasteiger partial charge on any atom is -0.454 e. The lowest BCUT2D eigenvalue weighted by Crippen LogP contribution is -2.45. The van der Waals surface area contributed by atoms with E-state index in [1.807, 2.05) is 60.5 Å². The molecule has 0 unspecified atom stereocenters. The quantitative estimate of drug-likeness (QED) is 0.818. The molecule has 142 valence electrons. The van der Waals surface area contributed by atoms with E-state index in [1.54, 1.807) is 6.92 Å². The Morgan fingerprint density at radius 1 is 1.11 bits per heavy atom. The highest BCUT2D eigenvalue weighted by atomic mass is 16.7. The largest absolute Gasteiger partial charge is 0.454 e. The van der Waals surface area contributed by atoms with Crippen molar-refractivity contribution >= 4 is 11.9 Å². The van der Waals surface area contributed by atoms with Gasteiger partial charge >= 0.3 is 6.03 Å². The number of nitrogens with zero attached hydrogens (tertiary/aromatic N) is 1. The van der Waals surface area contributed by atoms with Crippen molar-refractivity contribution in [1.82, 2.24) is 15.5 Å². The molecule has 2 aromatic carbocycles. The molecule has 1 heterocycles. The number of benzene rings is 2. The van der Waals surface area contributed by atoms with Gasteiger partial charge in [0.05, 0.1) is 0 Å². The fourth-order valence-electron chi connectivity index (χ4n) is 3.04. The molecule has 1 atom stereocenters. The number of hydrogen-bond acceptors (Lipinski definition) is 5. The van der Waals surface area contributed by atoms with Gasteiger partial charge in [-0.15, -0.1) is 0 Å². The Bertz CT molecular complexity index is 810. The smallest absolute Gasteiger partial charge is 0.321 e. The third-order valence-corrected chi connectivity index (χ3v) is 4.25. The van der Waals surface area contributed by atoms with Gasteiger partial charge in [-0.2, -0.15) is 0 Å². The highest BCUT2D eigenvalue weighted by Gasteiger charge is 2.27. The number of hydrogen-bond donors (Lipinski definition) is 2. The Kier molecular flexibility index (Phi) is 5.93. The first-order valence-electron chi connectivity index (χ1n) is 8.81. The molecule has 1 aliphatic heterocycles. The number of urea groups is 1. The average molecular weight is 369 g/mol. The van der Waals surface area contributed by atoms with E-state index in [2.05, 4.69) is 10.6 Å². The molecule has 0 aliphatic carbocycles. The van der Waals surface area contributed by atoms with Crippen molar-refractivity contribution in [1.29, 1.82) is 0 Å². The molecule has 0 spiro atoms. The molecule has 0 radical (unpaired) electrons. The number of amides is 3. The fraction of sp³-hybridized carbons (Fsp3) is 0.300. The Hall–Kier alpha value is -3.06. The van der Waals surface area contributed by atoms with E-state index < -0.39 is 12.1 Å². The van der Waals surface area contributed by atoms with Crippen LogP contribution in [0.4, 0.5) is 4.79 Å². The van der Waals surface area contributed by atoms with Gasteiger partial charge in [0.1, 0.15) is 6.04 Å². The first-order valence-corrected chi connectivity index (χ1v) is 8.81. The molecular formula is C20H23N3O4. The molecule has 7 heteroatoms. The number of likely N-dealkylation sites (N-methyl/N-ethyl adjacent to an activating group) is 1. The van der Waals surface area contributed by atoms with Gasteiger partial charge in [0.25, 0.3) is 0 Å². The zero-order chi connectivity index (χ0) is 19.2. The number of nitrogens with one attached hydrogen (secondary N) is 2. The zero-order valence-corrected chi connectivity index (χ0v) is 15.4. The second-order valence-electron chi connectivity index (χ2n) is 6.26. The van der Waals surface area contributed by atoms with Gasteiger partial charge in [0, 0.05) is 13.1 Å². The predicted octanol–water partition coefficient (Wildman–Crippen LogP) is 2.43. The van der Waals surface area contributed by atoms with Crippen LogP contribution < -0.4 is 20.1 Å². The van der Waals surface area contributed by atoms with Crippen LogP contribution in [0.1, 0.15) is 24.1 Å². The Morgan fingerprint density at radius 2 is 1.85 bits per heavy atom. The summed E-state index contributed by atoms with van der Waals surface area (Å²) in [7, 11) is 1.85. The summed E-state index contributed by atoms with van der Waals surface area (Å²) in [6.07, 6.45) is 0. The lowest BCUT2D eigenvalue weighted by atomic mass is 10.0. The summed E-state index contributed by atoms with van der Waals surface area (Å²) in [5.41, 5.74) is 1.79. The minimum atomic E-state index is -0.612. The summed E-state index contributed by atoms with van der Waals surface area (Å²) in [5, 5.41) is 4.99. The third kappa shape index (κ3) is 4.57. The van der Waals surface area contributed by atoms with Crippen molar-refractivity contribution in [3.63, 3.8) is 0 Å². The van der Waals surface area contributed by atoms with Gasteiger partial charge in [-0.25, -0.2) is 4.79 Å². The van der Waals surface area contributed by atoms with Gasteiger partial charge in [0.2, 0.25) is 12.7 Å².